The van der Waals surface area contributed by atoms with Crippen molar-refractivity contribution in [1.82, 2.24) is 24.8 Å². The summed E-state index contributed by atoms with van der Waals surface area (Å²) >= 11 is 0. The summed E-state index contributed by atoms with van der Waals surface area (Å²) in [7, 11) is -1.32. The highest BCUT2D eigenvalue weighted by Crippen LogP contribution is 2.37. The van der Waals surface area contributed by atoms with Gasteiger partial charge in [0.1, 0.15) is 18.2 Å². The maximum atomic E-state index is 15.6. The molecule has 1 aliphatic heterocycles. The van der Waals surface area contributed by atoms with Gasteiger partial charge in [0, 0.05) is 69.8 Å². The molecule has 1 amide bonds. The molecule has 0 bridgehead atoms. The highest BCUT2D eigenvalue weighted by atomic mass is 28.3. The zero-order chi connectivity index (χ0) is 29.0. The Bertz CT molecular complexity index is 1500. The van der Waals surface area contributed by atoms with Crippen molar-refractivity contribution in [3.63, 3.8) is 0 Å². The Morgan fingerprint density at radius 1 is 1.15 bits per heavy atom. The molecule has 0 saturated carbocycles. The highest BCUT2D eigenvalue weighted by Gasteiger charge is 2.26. The Hall–Kier alpha value is -3.31. The topological polar surface area (TPSA) is 84.4 Å². The lowest BCUT2D eigenvalue weighted by molar-refractivity contribution is 0.0383. The number of aromatic amines is 1. The summed E-state index contributed by atoms with van der Waals surface area (Å²) in [5.74, 6) is -0.614. The van der Waals surface area contributed by atoms with Gasteiger partial charge in [-0.05, 0) is 48.9 Å². The summed E-state index contributed by atoms with van der Waals surface area (Å²) < 4.78 is 29.2. The lowest BCUT2D eigenvalue weighted by atomic mass is 10.0. The quantitative estimate of drug-likeness (QED) is 0.181. The molecule has 8 nitrogen and oxygen atoms in total. The van der Waals surface area contributed by atoms with E-state index in [1.54, 1.807) is 12.3 Å². The van der Waals surface area contributed by atoms with Crippen molar-refractivity contribution < 1.29 is 18.7 Å². The van der Waals surface area contributed by atoms with Gasteiger partial charge in [-0.2, -0.15) is 0 Å². The van der Waals surface area contributed by atoms with Gasteiger partial charge in [0.05, 0.1) is 30.2 Å². The molecule has 41 heavy (non-hydrogen) atoms. The van der Waals surface area contributed by atoms with E-state index in [0.29, 0.717) is 43.2 Å². The van der Waals surface area contributed by atoms with Crippen LogP contribution in [0.2, 0.25) is 25.7 Å². The molecule has 218 valence electrons. The molecule has 1 aliphatic rings. The number of morpholine rings is 1. The number of rotatable bonds is 11. The fraction of sp³-hybridized carbons (Fsp3) is 0.419. The fourth-order valence-electron chi connectivity index (χ4n) is 5.15. The minimum atomic E-state index is -1.32. The second-order valence-corrected chi connectivity index (χ2v) is 17.5. The minimum Gasteiger partial charge on any atom is -0.379 e. The number of hydrogen-bond donors (Lipinski definition) is 2. The monoisotopic (exact) mass is 577 g/mol. The molecular weight excluding hydrogens is 537 g/mol. The Kier molecular flexibility index (Phi) is 9.03. The third kappa shape index (κ3) is 6.95. The maximum absolute atomic E-state index is 15.6. The zero-order valence-corrected chi connectivity index (χ0v) is 25.4. The molecule has 0 unspecified atom stereocenters. The van der Waals surface area contributed by atoms with Crippen LogP contribution >= 0.6 is 0 Å². The average molecular weight is 578 g/mol. The zero-order valence-electron chi connectivity index (χ0n) is 24.4. The van der Waals surface area contributed by atoms with E-state index in [0.717, 1.165) is 53.5 Å². The number of hydrogen-bond acceptors (Lipinski definition) is 5. The fourth-order valence-corrected chi connectivity index (χ4v) is 5.90. The molecule has 2 N–H and O–H groups in total. The predicted octanol–water partition coefficient (Wildman–Crippen LogP) is 5.52. The van der Waals surface area contributed by atoms with Gasteiger partial charge in [0.2, 0.25) is 0 Å². The first-order chi connectivity index (χ1) is 19.7. The predicted molar refractivity (Wildman–Crippen MR) is 163 cm³/mol. The molecule has 3 aromatic heterocycles. The molecule has 0 spiro atoms. The molecule has 0 atom stereocenters. The molecule has 1 saturated heterocycles. The number of aromatic nitrogens is 3. The van der Waals surface area contributed by atoms with Crippen molar-refractivity contribution in [2.24, 2.45) is 0 Å². The largest absolute Gasteiger partial charge is 0.379 e. The average Bonchev–Trinajstić information content (AvgIpc) is 3.56. The number of nitrogens with zero attached hydrogens (tertiary/aromatic N) is 3. The summed E-state index contributed by atoms with van der Waals surface area (Å²) in [4.78, 5) is 23.7. The summed E-state index contributed by atoms with van der Waals surface area (Å²) in [6, 6.07) is 11.9. The summed E-state index contributed by atoms with van der Waals surface area (Å²) in [6.07, 6.45) is 3.59. The van der Waals surface area contributed by atoms with Crippen LogP contribution in [0.25, 0.3) is 33.5 Å². The van der Waals surface area contributed by atoms with E-state index in [4.69, 9.17) is 9.47 Å². The van der Waals surface area contributed by atoms with E-state index in [2.05, 4.69) is 39.8 Å². The number of aryl methyl sites for hydroxylation is 1. The van der Waals surface area contributed by atoms with Gasteiger partial charge >= 0.3 is 0 Å². The van der Waals surface area contributed by atoms with E-state index in [1.165, 1.54) is 6.07 Å². The van der Waals surface area contributed by atoms with Crippen LogP contribution in [-0.2, 0) is 16.2 Å². The minimum absolute atomic E-state index is 0.192. The first kappa shape index (κ1) is 29.2. The number of carbonyl (C=O) groups is 1. The number of pyridine rings is 1. The Morgan fingerprint density at radius 3 is 2.71 bits per heavy atom. The van der Waals surface area contributed by atoms with E-state index in [-0.39, 0.29) is 18.5 Å². The lowest BCUT2D eigenvalue weighted by Gasteiger charge is -2.26. The van der Waals surface area contributed by atoms with E-state index in [1.807, 2.05) is 42.0 Å². The Balaban J connectivity index is 1.57. The van der Waals surface area contributed by atoms with Crippen LogP contribution in [0.5, 0.6) is 0 Å². The number of halogens is 1. The molecule has 4 heterocycles. The summed E-state index contributed by atoms with van der Waals surface area (Å²) in [5, 5.41) is 4.01. The van der Waals surface area contributed by atoms with E-state index < -0.39 is 8.07 Å². The third-order valence-electron chi connectivity index (χ3n) is 7.49. The van der Waals surface area contributed by atoms with Gasteiger partial charge in [-0.15, -0.1) is 0 Å². The Morgan fingerprint density at radius 2 is 1.95 bits per heavy atom. The lowest BCUT2D eigenvalue weighted by Crippen LogP contribution is -2.41. The van der Waals surface area contributed by atoms with Crippen molar-refractivity contribution in [2.75, 3.05) is 46.0 Å². The second-order valence-electron chi connectivity index (χ2n) is 11.9. The van der Waals surface area contributed by atoms with Crippen LogP contribution in [-0.4, -0.2) is 79.4 Å². The van der Waals surface area contributed by atoms with Crippen LogP contribution in [0.3, 0.4) is 0 Å². The van der Waals surface area contributed by atoms with Crippen LogP contribution in [0.15, 0.2) is 48.8 Å². The van der Waals surface area contributed by atoms with Crippen molar-refractivity contribution in [1.29, 1.82) is 0 Å². The Labute approximate surface area is 241 Å². The molecular formula is C31H40FN5O3Si. The highest BCUT2D eigenvalue weighted by molar-refractivity contribution is 6.76. The summed E-state index contributed by atoms with van der Waals surface area (Å²) in [5.41, 5.74) is 4.52. The molecule has 5 rings (SSSR count). The first-order valence-corrected chi connectivity index (χ1v) is 18.0. The molecule has 1 aromatic carbocycles. The molecule has 4 aromatic rings. The van der Waals surface area contributed by atoms with Crippen molar-refractivity contribution in [3.05, 3.63) is 65.7 Å². The van der Waals surface area contributed by atoms with Crippen molar-refractivity contribution >= 4 is 25.0 Å². The second kappa shape index (κ2) is 12.7. The number of fused-ring (bicyclic) bond motifs is 1. The van der Waals surface area contributed by atoms with Gasteiger partial charge < -0.3 is 24.3 Å². The van der Waals surface area contributed by atoms with Gasteiger partial charge in [0.25, 0.3) is 5.91 Å². The molecule has 1 fully saturated rings. The van der Waals surface area contributed by atoms with Crippen LogP contribution in [0, 0.1) is 12.7 Å². The van der Waals surface area contributed by atoms with Gasteiger partial charge in [-0.3, -0.25) is 9.69 Å². The molecule has 0 aliphatic carbocycles. The van der Waals surface area contributed by atoms with E-state index >= 15 is 4.39 Å². The number of H-pyrrole nitrogens is 1. The maximum Gasteiger partial charge on any atom is 0.253 e. The van der Waals surface area contributed by atoms with Crippen molar-refractivity contribution in [2.45, 2.75) is 39.3 Å². The normalized spacial score (nSPS) is 14.6. The molecule has 0 radical (unpaired) electrons. The number of benzene rings is 1. The number of nitrogens with one attached hydrogen (secondary N) is 2. The van der Waals surface area contributed by atoms with Crippen LogP contribution < -0.4 is 5.32 Å². The van der Waals surface area contributed by atoms with Gasteiger partial charge in [-0.25, -0.2) is 9.37 Å². The van der Waals surface area contributed by atoms with Gasteiger partial charge in [-0.1, -0.05) is 25.7 Å². The van der Waals surface area contributed by atoms with Crippen LogP contribution in [0.1, 0.15) is 15.9 Å². The third-order valence-corrected chi connectivity index (χ3v) is 9.20. The number of amides is 1. The SMILES string of the molecule is Cc1ccc(-c2c(C(=O)NCCN3CCOCC3)cc(-c3ccnc4[nH]ccc34)n2COCC[Si](C)(C)C)c(F)c1. The summed E-state index contributed by atoms with van der Waals surface area (Å²) in [6.45, 7) is 13.9. The van der Waals surface area contributed by atoms with Crippen LogP contribution in [0.4, 0.5) is 4.39 Å². The van der Waals surface area contributed by atoms with Gasteiger partial charge in [0.15, 0.2) is 0 Å². The number of carbonyl (C=O) groups excluding carboxylic acids is 1. The van der Waals surface area contributed by atoms with Crippen molar-refractivity contribution in [3.8, 4) is 22.5 Å². The first-order valence-electron chi connectivity index (χ1n) is 14.3. The molecule has 10 heteroatoms. The van der Waals surface area contributed by atoms with E-state index in [9.17, 15) is 4.79 Å². The standard InChI is InChI=1S/C31H40FN5O3Si/c1-22-5-6-25(27(32)19-22)29-26(31(38)35-11-12-36-13-15-39-16-14-36)20-28(37(29)21-40-17-18-41(2,3)4)23-7-9-33-30-24(23)8-10-34-30/h5-10,19-20H,11-18,21H2,1-4H3,(H,33,34)(H,35,38). The smallest absolute Gasteiger partial charge is 0.253 e. The number of ether oxygens (including phenoxy) is 2.